The lowest BCUT2D eigenvalue weighted by Gasteiger charge is -2.00. The summed E-state index contributed by atoms with van der Waals surface area (Å²) in [6.07, 6.45) is 1.79. The van der Waals surface area contributed by atoms with Gasteiger partial charge in [-0.3, -0.25) is 4.57 Å². The molecule has 0 saturated carbocycles. The van der Waals surface area contributed by atoms with Crippen LogP contribution in [0.5, 0.6) is 0 Å². The summed E-state index contributed by atoms with van der Waals surface area (Å²) in [7, 11) is 0. The molecule has 100 valence electrons. The number of aromatic nitrogens is 2. The van der Waals surface area contributed by atoms with Crippen LogP contribution in [0.15, 0.2) is 64.0 Å². The van der Waals surface area contributed by atoms with Gasteiger partial charge >= 0.3 is 5.69 Å². The monoisotopic (exact) mass is 348 g/mol. The molecule has 0 aliphatic heterocycles. The highest BCUT2D eigenvalue weighted by Gasteiger charge is 2.06. The van der Waals surface area contributed by atoms with Gasteiger partial charge in [-0.15, -0.1) is 0 Å². The summed E-state index contributed by atoms with van der Waals surface area (Å²) >= 11 is 9.25. The van der Waals surface area contributed by atoms with Crippen molar-refractivity contribution in [2.24, 2.45) is 0 Å². The van der Waals surface area contributed by atoms with Crippen molar-refractivity contribution in [1.82, 2.24) is 9.55 Å². The van der Waals surface area contributed by atoms with E-state index in [9.17, 15) is 4.79 Å². The number of hydrogen-bond donors (Lipinski definition) is 1. The molecule has 0 bridgehead atoms. The van der Waals surface area contributed by atoms with E-state index in [-0.39, 0.29) is 5.69 Å². The molecule has 3 nitrogen and oxygen atoms in total. The Hall–Kier alpha value is -1.78. The minimum absolute atomic E-state index is 0.176. The minimum Gasteiger partial charge on any atom is -0.305 e. The number of halogens is 2. The molecule has 0 amide bonds. The molecule has 0 fully saturated rings. The van der Waals surface area contributed by atoms with Gasteiger partial charge in [0.05, 0.1) is 11.4 Å². The van der Waals surface area contributed by atoms with E-state index < -0.39 is 0 Å². The molecule has 2 aromatic carbocycles. The highest BCUT2D eigenvalue weighted by Crippen LogP contribution is 2.20. The zero-order valence-electron chi connectivity index (χ0n) is 10.3. The van der Waals surface area contributed by atoms with Gasteiger partial charge in [-0.05, 0) is 42.0 Å². The Labute approximate surface area is 129 Å². The maximum absolute atomic E-state index is 12.0. The molecule has 1 aromatic heterocycles. The zero-order valence-corrected chi connectivity index (χ0v) is 12.6. The molecule has 20 heavy (non-hydrogen) atoms. The highest BCUT2D eigenvalue weighted by atomic mass is 79.9. The lowest BCUT2D eigenvalue weighted by Crippen LogP contribution is -2.13. The highest BCUT2D eigenvalue weighted by molar-refractivity contribution is 9.10. The number of H-pyrrole nitrogens is 1. The van der Waals surface area contributed by atoms with Gasteiger partial charge in [-0.2, -0.15) is 0 Å². The SMILES string of the molecule is O=c1[nH]c(-c2ccc(Br)cc2)cn1-c1ccc(Cl)cc1. The number of aromatic amines is 1. The third-order valence-electron chi connectivity index (χ3n) is 2.98. The van der Waals surface area contributed by atoms with E-state index in [4.69, 9.17) is 11.6 Å². The van der Waals surface area contributed by atoms with Crippen molar-refractivity contribution in [2.45, 2.75) is 0 Å². The van der Waals surface area contributed by atoms with E-state index in [0.29, 0.717) is 5.02 Å². The van der Waals surface area contributed by atoms with E-state index >= 15 is 0 Å². The molecule has 0 aliphatic rings. The van der Waals surface area contributed by atoms with Crippen molar-refractivity contribution in [3.8, 4) is 16.9 Å². The van der Waals surface area contributed by atoms with Crippen LogP contribution in [0.25, 0.3) is 16.9 Å². The van der Waals surface area contributed by atoms with Gasteiger partial charge in [-0.25, -0.2) is 4.79 Å². The van der Waals surface area contributed by atoms with Crippen LogP contribution in [0, 0.1) is 0 Å². The van der Waals surface area contributed by atoms with Crippen LogP contribution >= 0.6 is 27.5 Å². The Kier molecular flexibility index (Phi) is 3.51. The lowest BCUT2D eigenvalue weighted by atomic mass is 10.2. The first-order chi connectivity index (χ1) is 9.63. The van der Waals surface area contributed by atoms with Gasteiger partial charge in [0, 0.05) is 15.7 Å². The molecule has 0 spiro atoms. The molecule has 3 aromatic rings. The van der Waals surface area contributed by atoms with E-state index in [2.05, 4.69) is 20.9 Å². The molecule has 3 rings (SSSR count). The molecule has 0 aliphatic carbocycles. The predicted molar refractivity (Wildman–Crippen MR) is 84.5 cm³/mol. The normalized spacial score (nSPS) is 10.7. The number of benzene rings is 2. The second-order valence-corrected chi connectivity index (χ2v) is 5.68. The van der Waals surface area contributed by atoms with Gasteiger partial charge < -0.3 is 4.98 Å². The van der Waals surface area contributed by atoms with Gasteiger partial charge in [0.2, 0.25) is 0 Å². The van der Waals surface area contributed by atoms with Crippen LogP contribution in [-0.4, -0.2) is 9.55 Å². The third-order valence-corrected chi connectivity index (χ3v) is 3.76. The van der Waals surface area contributed by atoms with Crippen molar-refractivity contribution in [1.29, 1.82) is 0 Å². The van der Waals surface area contributed by atoms with Gasteiger partial charge in [0.1, 0.15) is 0 Å². The summed E-state index contributed by atoms with van der Waals surface area (Å²) in [5.41, 5.74) is 2.33. The van der Waals surface area contributed by atoms with Crippen molar-refractivity contribution in [3.63, 3.8) is 0 Å². The second-order valence-electron chi connectivity index (χ2n) is 4.33. The molecule has 1 heterocycles. The molecule has 0 radical (unpaired) electrons. The Balaban J connectivity index is 2.05. The largest absolute Gasteiger partial charge is 0.330 e. The number of rotatable bonds is 2. The first-order valence-electron chi connectivity index (χ1n) is 5.97. The van der Waals surface area contributed by atoms with Crippen molar-refractivity contribution >= 4 is 27.5 Å². The van der Waals surface area contributed by atoms with Crippen LogP contribution in [0.2, 0.25) is 5.02 Å². The van der Waals surface area contributed by atoms with Gasteiger partial charge in [-0.1, -0.05) is 39.7 Å². The fraction of sp³-hybridized carbons (Fsp3) is 0. The van der Waals surface area contributed by atoms with Gasteiger partial charge in [0.25, 0.3) is 0 Å². The molecular formula is C15H10BrClN2O. The number of nitrogens with one attached hydrogen (secondary N) is 1. The minimum atomic E-state index is -0.176. The summed E-state index contributed by atoms with van der Waals surface area (Å²) in [4.78, 5) is 14.9. The molecule has 0 unspecified atom stereocenters. The first-order valence-corrected chi connectivity index (χ1v) is 7.14. The van der Waals surface area contributed by atoms with E-state index in [0.717, 1.165) is 21.4 Å². The number of hydrogen-bond acceptors (Lipinski definition) is 1. The number of nitrogens with zero attached hydrogens (tertiary/aromatic N) is 1. The van der Waals surface area contributed by atoms with Crippen LogP contribution < -0.4 is 5.69 Å². The van der Waals surface area contributed by atoms with Gasteiger partial charge in [0.15, 0.2) is 0 Å². The average molecular weight is 350 g/mol. The summed E-state index contributed by atoms with van der Waals surface area (Å²) < 4.78 is 2.56. The van der Waals surface area contributed by atoms with E-state index in [1.807, 2.05) is 36.4 Å². The van der Waals surface area contributed by atoms with Crippen LogP contribution in [0.1, 0.15) is 0 Å². The predicted octanol–water partition coefficient (Wildman–Crippen LogP) is 4.25. The Morgan fingerprint density at radius 1 is 1.00 bits per heavy atom. The van der Waals surface area contributed by atoms with E-state index in [1.165, 1.54) is 0 Å². The van der Waals surface area contributed by atoms with Crippen LogP contribution in [0.4, 0.5) is 0 Å². The fourth-order valence-corrected chi connectivity index (χ4v) is 2.36. The fourth-order valence-electron chi connectivity index (χ4n) is 1.97. The smallest absolute Gasteiger partial charge is 0.305 e. The first kappa shape index (κ1) is 13.2. The third kappa shape index (κ3) is 2.57. The maximum atomic E-state index is 12.0. The molecule has 0 atom stereocenters. The van der Waals surface area contributed by atoms with E-state index in [1.54, 1.807) is 22.9 Å². The van der Waals surface area contributed by atoms with Crippen molar-refractivity contribution in [3.05, 3.63) is 74.7 Å². The molecule has 5 heteroatoms. The zero-order chi connectivity index (χ0) is 14.1. The Bertz CT molecular complexity index is 788. The maximum Gasteiger partial charge on any atom is 0.330 e. The average Bonchev–Trinajstić information content (AvgIpc) is 2.82. The molecule has 0 saturated heterocycles. The number of imidazole rings is 1. The Morgan fingerprint density at radius 3 is 2.30 bits per heavy atom. The Morgan fingerprint density at radius 2 is 1.65 bits per heavy atom. The summed E-state index contributed by atoms with van der Waals surface area (Å²) in [5.74, 6) is 0. The quantitative estimate of drug-likeness (QED) is 0.738. The standard InChI is InChI=1S/C15H10BrClN2O/c16-11-3-1-10(2-4-11)14-9-19(15(20)18-14)13-7-5-12(17)6-8-13/h1-9H,(H,18,20). The summed E-state index contributed by atoms with van der Waals surface area (Å²) in [5, 5.41) is 0.644. The lowest BCUT2D eigenvalue weighted by molar-refractivity contribution is 0.987. The topological polar surface area (TPSA) is 37.8 Å². The van der Waals surface area contributed by atoms with Crippen molar-refractivity contribution < 1.29 is 0 Å². The second kappa shape index (κ2) is 5.31. The summed E-state index contributed by atoms with van der Waals surface area (Å²) in [6, 6.07) is 14.9. The molecular weight excluding hydrogens is 340 g/mol. The van der Waals surface area contributed by atoms with Crippen LogP contribution in [0.3, 0.4) is 0 Å². The summed E-state index contributed by atoms with van der Waals surface area (Å²) in [6.45, 7) is 0. The van der Waals surface area contributed by atoms with Crippen LogP contribution in [-0.2, 0) is 0 Å². The van der Waals surface area contributed by atoms with Crippen molar-refractivity contribution in [2.75, 3.05) is 0 Å². The molecule has 1 N–H and O–H groups in total.